The maximum atomic E-state index is 12.5. The number of carbonyl (C=O) groups is 4. The standard InChI is InChI=1S/C17H28O8/c1-4-8-22-14(19)12-17(25-11-7-18,16(21)24-10-6-3)13-15(20)23-9-5-2/h7H,4-6,8-13H2,1-3H3. The molecule has 0 aliphatic rings. The lowest BCUT2D eigenvalue weighted by atomic mass is 9.95. The van der Waals surface area contributed by atoms with Gasteiger partial charge in [0.25, 0.3) is 0 Å². The van der Waals surface area contributed by atoms with Gasteiger partial charge >= 0.3 is 17.9 Å². The van der Waals surface area contributed by atoms with Crippen LogP contribution in [-0.4, -0.2) is 56.2 Å². The van der Waals surface area contributed by atoms with Gasteiger partial charge in [-0.1, -0.05) is 20.8 Å². The molecule has 144 valence electrons. The second-order valence-electron chi connectivity index (χ2n) is 5.40. The zero-order valence-corrected chi connectivity index (χ0v) is 15.2. The molecule has 0 aromatic heterocycles. The second-order valence-corrected chi connectivity index (χ2v) is 5.40. The van der Waals surface area contributed by atoms with E-state index in [1.54, 1.807) is 6.92 Å². The van der Waals surface area contributed by atoms with Crippen LogP contribution in [0.3, 0.4) is 0 Å². The van der Waals surface area contributed by atoms with Gasteiger partial charge in [0, 0.05) is 0 Å². The third kappa shape index (κ3) is 9.19. The molecule has 0 bridgehead atoms. The summed E-state index contributed by atoms with van der Waals surface area (Å²) in [7, 11) is 0. The van der Waals surface area contributed by atoms with E-state index >= 15 is 0 Å². The highest BCUT2D eigenvalue weighted by atomic mass is 16.6. The van der Waals surface area contributed by atoms with Crippen LogP contribution < -0.4 is 0 Å². The highest BCUT2D eigenvalue weighted by Crippen LogP contribution is 2.25. The van der Waals surface area contributed by atoms with Crippen LogP contribution in [0.1, 0.15) is 52.9 Å². The number of rotatable bonds is 14. The minimum atomic E-state index is -1.94. The van der Waals surface area contributed by atoms with Gasteiger partial charge < -0.3 is 23.7 Å². The van der Waals surface area contributed by atoms with Crippen molar-refractivity contribution in [1.29, 1.82) is 0 Å². The van der Waals surface area contributed by atoms with Gasteiger partial charge in [0.05, 0.1) is 32.7 Å². The number of carbonyl (C=O) groups excluding carboxylic acids is 4. The minimum absolute atomic E-state index is 0.0963. The summed E-state index contributed by atoms with van der Waals surface area (Å²) in [6.07, 6.45) is 1.11. The molecule has 8 heteroatoms. The lowest BCUT2D eigenvalue weighted by molar-refractivity contribution is -0.185. The Morgan fingerprint density at radius 2 is 1.24 bits per heavy atom. The Kier molecular flexibility index (Phi) is 12.3. The van der Waals surface area contributed by atoms with Gasteiger partial charge in [-0.15, -0.1) is 0 Å². The van der Waals surface area contributed by atoms with Crippen molar-refractivity contribution in [2.75, 3.05) is 26.4 Å². The first-order chi connectivity index (χ1) is 12.0. The smallest absolute Gasteiger partial charge is 0.339 e. The van der Waals surface area contributed by atoms with E-state index in [-0.39, 0.29) is 19.8 Å². The first-order valence-electron chi connectivity index (χ1n) is 8.51. The van der Waals surface area contributed by atoms with Crippen molar-refractivity contribution < 1.29 is 38.1 Å². The summed E-state index contributed by atoms with van der Waals surface area (Å²) in [6, 6.07) is 0. The van der Waals surface area contributed by atoms with Gasteiger partial charge in [0.15, 0.2) is 5.60 Å². The summed E-state index contributed by atoms with van der Waals surface area (Å²) in [5.41, 5.74) is -1.94. The molecular weight excluding hydrogens is 332 g/mol. The molecule has 0 radical (unpaired) electrons. The minimum Gasteiger partial charge on any atom is -0.466 e. The molecule has 0 heterocycles. The van der Waals surface area contributed by atoms with Crippen molar-refractivity contribution in [2.24, 2.45) is 0 Å². The number of ether oxygens (including phenoxy) is 4. The van der Waals surface area contributed by atoms with E-state index in [1.165, 1.54) is 0 Å². The van der Waals surface area contributed by atoms with E-state index in [1.807, 2.05) is 13.8 Å². The van der Waals surface area contributed by atoms with Crippen LogP contribution in [0.15, 0.2) is 0 Å². The lowest BCUT2D eigenvalue weighted by Crippen LogP contribution is -2.48. The summed E-state index contributed by atoms with van der Waals surface area (Å²) in [5, 5.41) is 0. The molecule has 0 unspecified atom stereocenters. The van der Waals surface area contributed by atoms with Crippen LogP contribution >= 0.6 is 0 Å². The Bertz CT molecular complexity index is 410. The fourth-order valence-corrected chi connectivity index (χ4v) is 1.89. The number of hydrogen-bond donors (Lipinski definition) is 0. The summed E-state index contributed by atoms with van der Waals surface area (Å²) in [5.74, 6) is -2.33. The maximum Gasteiger partial charge on any atom is 0.339 e. The zero-order valence-electron chi connectivity index (χ0n) is 15.2. The molecule has 8 nitrogen and oxygen atoms in total. The monoisotopic (exact) mass is 360 g/mol. The Morgan fingerprint density at radius 1 is 0.800 bits per heavy atom. The van der Waals surface area contributed by atoms with Crippen molar-refractivity contribution in [3.05, 3.63) is 0 Å². The topological polar surface area (TPSA) is 105 Å². The van der Waals surface area contributed by atoms with Crippen molar-refractivity contribution in [1.82, 2.24) is 0 Å². The van der Waals surface area contributed by atoms with Gasteiger partial charge in [-0.2, -0.15) is 0 Å². The van der Waals surface area contributed by atoms with Crippen LogP contribution in [-0.2, 0) is 38.1 Å². The largest absolute Gasteiger partial charge is 0.466 e. The first-order valence-corrected chi connectivity index (χ1v) is 8.51. The van der Waals surface area contributed by atoms with Gasteiger partial charge in [-0.05, 0) is 19.3 Å². The molecule has 0 fully saturated rings. The molecule has 0 rings (SSSR count). The third-order valence-electron chi connectivity index (χ3n) is 3.03. The van der Waals surface area contributed by atoms with E-state index in [4.69, 9.17) is 18.9 Å². The van der Waals surface area contributed by atoms with Crippen molar-refractivity contribution in [3.63, 3.8) is 0 Å². The molecule has 0 aromatic rings. The van der Waals surface area contributed by atoms with Crippen LogP contribution in [0.25, 0.3) is 0 Å². The molecule has 0 amide bonds. The maximum absolute atomic E-state index is 12.5. The molecular formula is C17H28O8. The predicted octanol–water partition coefficient (Wildman–Crippen LogP) is 1.58. The lowest BCUT2D eigenvalue weighted by Gasteiger charge is -2.29. The van der Waals surface area contributed by atoms with Crippen molar-refractivity contribution >= 4 is 24.2 Å². The van der Waals surface area contributed by atoms with Gasteiger partial charge in [0.2, 0.25) is 0 Å². The summed E-state index contributed by atoms with van der Waals surface area (Å²) >= 11 is 0. The van der Waals surface area contributed by atoms with Gasteiger partial charge in [-0.3, -0.25) is 9.59 Å². The van der Waals surface area contributed by atoms with Crippen LogP contribution in [0.2, 0.25) is 0 Å². The number of hydrogen-bond acceptors (Lipinski definition) is 8. The molecule has 0 saturated heterocycles. The third-order valence-corrected chi connectivity index (χ3v) is 3.03. The molecule has 0 aliphatic heterocycles. The average molecular weight is 360 g/mol. The quantitative estimate of drug-likeness (QED) is 0.261. The normalized spacial score (nSPS) is 10.8. The molecule has 0 N–H and O–H groups in total. The second kappa shape index (κ2) is 13.3. The fraction of sp³-hybridized carbons (Fsp3) is 0.765. The highest BCUT2D eigenvalue weighted by Gasteiger charge is 2.46. The van der Waals surface area contributed by atoms with Gasteiger partial charge in [-0.25, -0.2) is 4.79 Å². The Hall–Kier alpha value is -1.96. The molecule has 0 saturated carbocycles. The van der Waals surface area contributed by atoms with Crippen LogP contribution in [0.5, 0.6) is 0 Å². The molecule has 0 aliphatic carbocycles. The van der Waals surface area contributed by atoms with E-state index in [0.717, 1.165) is 0 Å². The van der Waals surface area contributed by atoms with Crippen LogP contribution in [0, 0.1) is 0 Å². The first kappa shape index (κ1) is 23.0. The molecule has 0 aromatic carbocycles. The van der Waals surface area contributed by atoms with E-state index in [0.29, 0.717) is 25.5 Å². The van der Waals surface area contributed by atoms with E-state index in [9.17, 15) is 19.2 Å². The Labute approximate surface area is 148 Å². The SMILES string of the molecule is CCCOC(=O)CC(CC(=O)OCCC)(OCC=O)C(=O)OCCC. The van der Waals surface area contributed by atoms with E-state index < -0.39 is 43.0 Å². The van der Waals surface area contributed by atoms with Crippen LogP contribution in [0.4, 0.5) is 0 Å². The number of aldehydes is 1. The Morgan fingerprint density at radius 3 is 1.64 bits per heavy atom. The summed E-state index contributed by atoms with van der Waals surface area (Å²) < 4.78 is 20.3. The van der Waals surface area contributed by atoms with Crippen molar-refractivity contribution in [2.45, 2.75) is 58.5 Å². The average Bonchev–Trinajstić information content (AvgIpc) is 2.60. The summed E-state index contributed by atoms with van der Waals surface area (Å²) in [4.78, 5) is 47.2. The van der Waals surface area contributed by atoms with Gasteiger partial charge in [0.1, 0.15) is 12.9 Å². The molecule has 0 atom stereocenters. The predicted molar refractivity (Wildman–Crippen MR) is 87.7 cm³/mol. The zero-order chi connectivity index (χ0) is 19.1. The molecule has 0 spiro atoms. The van der Waals surface area contributed by atoms with E-state index in [2.05, 4.69) is 0 Å². The van der Waals surface area contributed by atoms with Crippen molar-refractivity contribution in [3.8, 4) is 0 Å². The highest BCUT2D eigenvalue weighted by molar-refractivity contribution is 5.90. The molecule has 25 heavy (non-hydrogen) atoms. The summed E-state index contributed by atoms with van der Waals surface area (Å²) in [6.45, 7) is 5.41. The Balaban J connectivity index is 5.37. The fourth-order valence-electron chi connectivity index (χ4n) is 1.89. The number of esters is 3.